The molecule has 6 heteroatoms. The third kappa shape index (κ3) is 1.99. The molecule has 0 bridgehead atoms. The Morgan fingerprint density at radius 3 is 3.29 bits per heavy atom. The third-order valence-corrected chi connectivity index (χ3v) is 3.87. The summed E-state index contributed by atoms with van der Waals surface area (Å²) in [6.45, 7) is 1.78. The van der Waals surface area contributed by atoms with Crippen molar-refractivity contribution in [3.05, 3.63) is 17.8 Å². The van der Waals surface area contributed by atoms with Crippen molar-refractivity contribution in [1.82, 2.24) is 15.3 Å². The standard InChI is InChI=1S/C11H14N4OS/c1-16-9-5-12-4-8(9)15-10-7-2-3-17-11(7)14-6-13-10/h2-3,6,8-9,12H,4-5H2,1H3,(H,13,14,15)/t8?,9-/m0/s1. The fourth-order valence-electron chi connectivity index (χ4n) is 2.13. The van der Waals surface area contributed by atoms with E-state index in [2.05, 4.69) is 20.6 Å². The van der Waals surface area contributed by atoms with E-state index in [0.717, 1.165) is 29.1 Å². The van der Waals surface area contributed by atoms with Gasteiger partial charge in [0.1, 0.15) is 17.0 Å². The fraction of sp³-hybridized carbons (Fsp3) is 0.455. The maximum Gasteiger partial charge on any atom is 0.138 e. The van der Waals surface area contributed by atoms with Crippen molar-refractivity contribution in [2.45, 2.75) is 12.1 Å². The number of ether oxygens (including phenoxy) is 1. The van der Waals surface area contributed by atoms with Crippen LogP contribution in [0.1, 0.15) is 0 Å². The topological polar surface area (TPSA) is 59.1 Å². The van der Waals surface area contributed by atoms with Gasteiger partial charge in [0.25, 0.3) is 0 Å². The zero-order valence-corrected chi connectivity index (χ0v) is 10.3. The molecule has 0 saturated carbocycles. The van der Waals surface area contributed by atoms with Crippen LogP contribution in [0.4, 0.5) is 5.82 Å². The summed E-state index contributed by atoms with van der Waals surface area (Å²) in [6.07, 6.45) is 1.80. The Morgan fingerprint density at radius 1 is 1.47 bits per heavy atom. The summed E-state index contributed by atoms with van der Waals surface area (Å²) in [5, 5.41) is 9.86. The second-order valence-electron chi connectivity index (χ2n) is 4.04. The van der Waals surface area contributed by atoms with Crippen LogP contribution in [-0.4, -0.2) is 42.3 Å². The minimum absolute atomic E-state index is 0.193. The summed E-state index contributed by atoms with van der Waals surface area (Å²) in [7, 11) is 1.74. The SMILES string of the molecule is CO[C@H]1CNCC1Nc1ncnc2sccc12. The van der Waals surface area contributed by atoms with Gasteiger partial charge in [-0.15, -0.1) is 11.3 Å². The molecule has 0 radical (unpaired) electrons. The Morgan fingerprint density at radius 2 is 2.41 bits per heavy atom. The van der Waals surface area contributed by atoms with E-state index in [1.807, 2.05) is 11.4 Å². The van der Waals surface area contributed by atoms with Crippen LogP contribution < -0.4 is 10.6 Å². The molecule has 1 saturated heterocycles. The molecule has 5 nitrogen and oxygen atoms in total. The van der Waals surface area contributed by atoms with Gasteiger partial charge in [-0.2, -0.15) is 0 Å². The summed E-state index contributed by atoms with van der Waals surface area (Å²) in [5.74, 6) is 0.895. The molecule has 1 aliphatic heterocycles. The van der Waals surface area contributed by atoms with E-state index >= 15 is 0 Å². The van der Waals surface area contributed by atoms with Crippen LogP contribution in [0.15, 0.2) is 17.8 Å². The van der Waals surface area contributed by atoms with Crippen LogP contribution in [0, 0.1) is 0 Å². The Hall–Kier alpha value is -1.24. The predicted octanol–water partition coefficient (Wildman–Crippen LogP) is 1.09. The van der Waals surface area contributed by atoms with Crippen molar-refractivity contribution in [2.75, 3.05) is 25.5 Å². The number of thiophene rings is 1. The van der Waals surface area contributed by atoms with Gasteiger partial charge < -0.3 is 15.4 Å². The summed E-state index contributed by atoms with van der Waals surface area (Å²) in [4.78, 5) is 9.56. The van der Waals surface area contributed by atoms with Gasteiger partial charge in [-0.1, -0.05) is 0 Å². The first kappa shape index (κ1) is 10.9. The van der Waals surface area contributed by atoms with Crippen molar-refractivity contribution < 1.29 is 4.74 Å². The lowest BCUT2D eigenvalue weighted by atomic mass is 10.2. The molecule has 2 N–H and O–H groups in total. The van der Waals surface area contributed by atoms with Gasteiger partial charge in [0, 0.05) is 20.2 Å². The number of hydrogen-bond acceptors (Lipinski definition) is 6. The minimum atomic E-state index is 0.193. The number of rotatable bonds is 3. The van der Waals surface area contributed by atoms with E-state index in [4.69, 9.17) is 4.74 Å². The molecular weight excluding hydrogens is 236 g/mol. The summed E-state index contributed by atoms with van der Waals surface area (Å²) >= 11 is 1.63. The molecule has 2 aromatic rings. The van der Waals surface area contributed by atoms with Crippen molar-refractivity contribution in [3.8, 4) is 0 Å². The van der Waals surface area contributed by atoms with Crippen molar-refractivity contribution in [1.29, 1.82) is 0 Å². The van der Waals surface area contributed by atoms with Crippen LogP contribution >= 0.6 is 11.3 Å². The molecule has 0 aromatic carbocycles. The maximum absolute atomic E-state index is 5.42. The number of nitrogens with zero attached hydrogens (tertiary/aromatic N) is 2. The highest BCUT2D eigenvalue weighted by Gasteiger charge is 2.27. The van der Waals surface area contributed by atoms with Crippen LogP contribution in [0.25, 0.3) is 10.2 Å². The largest absolute Gasteiger partial charge is 0.378 e. The summed E-state index contributed by atoms with van der Waals surface area (Å²) in [5.41, 5.74) is 0. The first-order valence-corrected chi connectivity index (χ1v) is 6.44. The van der Waals surface area contributed by atoms with E-state index in [0.29, 0.717) is 0 Å². The highest BCUT2D eigenvalue weighted by atomic mass is 32.1. The lowest BCUT2D eigenvalue weighted by Gasteiger charge is -2.19. The number of fused-ring (bicyclic) bond motifs is 1. The zero-order valence-electron chi connectivity index (χ0n) is 9.51. The van der Waals surface area contributed by atoms with Crippen LogP contribution in [0.3, 0.4) is 0 Å². The van der Waals surface area contributed by atoms with Crippen molar-refractivity contribution >= 4 is 27.4 Å². The van der Waals surface area contributed by atoms with Gasteiger partial charge in [-0.3, -0.25) is 0 Å². The molecule has 1 aliphatic rings. The normalized spacial score (nSPS) is 24.3. The molecule has 3 heterocycles. The van der Waals surface area contributed by atoms with E-state index in [9.17, 15) is 0 Å². The lowest BCUT2D eigenvalue weighted by Crippen LogP contribution is -2.33. The third-order valence-electron chi connectivity index (χ3n) is 3.05. The smallest absolute Gasteiger partial charge is 0.138 e. The number of aromatic nitrogens is 2. The molecule has 2 atom stereocenters. The summed E-state index contributed by atoms with van der Waals surface area (Å²) in [6, 6.07) is 2.31. The fourth-order valence-corrected chi connectivity index (χ4v) is 2.86. The second kappa shape index (κ2) is 4.56. The molecular formula is C11H14N4OS. The molecule has 0 spiro atoms. The van der Waals surface area contributed by atoms with Gasteiger partial charge in [0.15, 0.2) is 0 Å². The molecule has 3 rings (SSSR count). The Kier molecular flexibility index (Phi) is 2.92. The van der Waals surface area contributed by atoms with Crippen LogP contribution in [0.5, 0.6) is 0 Å². The quantitative estimate of drug-likeness (QED) is 0.854. The zero-order chi connectivity index (χ0) is 11.7. The lowest BCUT2D eigenvalue weighted by molar-refractivity contribution is 0.111. The second-order valence-corrected chi connectivity index (χ2v) is 4.94. The van der Waals surface area contributed by atoms with Crippen LogP contribution in [-0.2, 0) is 4.74 Å². The number of methoxy groups -OCH3 is 1. The van der Waals surface area contributed by atoms with E-state index in [1.165, 1.54) is 0 Å². The van der Waals surface area contributed by atoms with E-state index in [1.54, 1.807) is 24.8 Å². The molecule has 90 valence electrons. The monoisotopic (exact) mass is 250 g/mol. The highest BCUT2D eigenvalue weighted by Crippen LogP contribution is 2.25. The highest BCUT2D eigenvalue weighted by molar-refractivity contribution is 7.16. The van der Waals surface area contributed by atoms with E-state index in [-0.39, 0.29) is 12.1 Å². The maximum atomic E-state index is 5.42. The number of hydrogen-bond donors (Lipinski definition) is 2. The molecule has 1 fully saturated rings. The summed E-state index contributed by atoms with van der Waals surface area (Å²) < 4.78 is 5.42. The van der Waals surface area contributed by atoms with Gasteiger partial charge in [-0.05, 0) is 11.4 Å². The van der Waals surface area contributed by atoms with Gasteiger partial charge in [-0.25, -0.2) is 9.97 Å². The first-order valence-electron chi connectivity index (χ1n) is 5.57. The average Bonchev–Trinajstić information content (AvgIpc) is 2.97. The first-order chi connectivity index (χ1) is 8.38. The molecule has 0 aliphatic carbocycles. The molecule has 2 aromatic heterocycles. The molecule has 0 amide bonds. The Balaban J connectivity index is 1.87. The predicted molar refractivity (Wildman–Crippen MR) is 68.5 cm³/mol. The Labute approximate surface area is 103 Å². The van der Waals surface area contributed by atoms with Crippen molar-refractivity contribution in [2.24, 2.45) is 0 Å². The van der Waals surface area contributed by atoms with Gasteiger partial charge in [0.05, 0.1) is 17.5 Å². The van der Waals surface area contributed by atoms with Crippen LogP contribution in [0.2, 0.25) is 0 Å². The number of anilines is 1. The van der Waals surface area contributed by atoms with Gasteiger partial charge >= 0.3 is 0 Å². The van der Waals surface area contributed by atoms with E-state index < -0.39 is 0 Å². The molecule has 1 unspecified atom stereocenters. The van der Waals surface area contributed by atoms with Gasteiger partial charge in [0.2, 0.25) is 0 Å². The minimum Gasteiger partial charge on any atom is -0.378 e. The number of nitrogens with one attached hydrogen (secondary N) is 2. The Bertz CT molecular complexity index is 515. The average molecular weight is 250 g/mol. The molecule has 17 heavy (non-hydrogen) atoms. The van der Waals surface area contributed by atoms with Crippen molar-refractivity contribution in [3.63, 3.8) is 0 Å².